The standard InChI is InChI=1S/C32H36O10S2/c1-17(31(35)36)9-21(33)29-13-19-11-25(23(39-3)15-27(19)43-29)41-7-5-6-8-42-26-12-20-14-30(22(34)10-18(2)32(37)38)44-28(20)16-24(26)40-4/h11-18,31,35-36H,5-10H2,1-4H3,(H,37,38)/t17-,18-/m0/s1. The highest BCUT2D eigenvalue weighted by Crippen LogP contribution is 2.39. The molecule has 12 heteroatoms. The summed E-state index contributed by atoms with van der Waals surface area (Å²) in [5.74, 6) is -0.466. The van der Waals surface area contributed by atoms with Gasteiger partial charge in [-0.3, -0.25) is 14.4 Å². The van der Waals surface area contributed by atoms with E-state index in [2.05, 4.69) is 0 Å². The minimum Gasteiger partial charge on any atom is -0.493 e. The fourth-order valence-electron chi connectivity index (χ4n) is 4.45. The number of methoxy groups -OCH3 is 2. The predicted octanol–water partition coefficient (Wildman–Crippen LogP) is 6.18. The fourth-order valence-corrected chi connectivity index (χ4v) is 6.49. The van der Waals surface area contributed by atoms with Gasteiger partial charge in [0.25, 0.3) is 0 Å². The lowest BCUT2D eigenvalue weighted by Crippen LogP contribution is -2.19. The first kappa shape index (κ1) is 33.2. The zero-order valence-electron chi connectivity index (χ0n) is 25.0. The van der Waals surface area contributed by atoms with Crippen LogP contribution in [-0.4, -0.2) is 66.6 Å². The number of aliphatic hydroxyl groups is 2. The van der Waals surface area contributed by atoms with Crippen molar-refractivity contribution in [1.29, 1.82) is 0 Å². The monoisotopic (exact) mass is 644 g/mol. The largest absolute Gasteiger partial charge is 0.493 e. The second-order valence-electron chi connectivity index (χ2n) is 10.6. The minimum absolute atomic E-state index is 0.0364. The number of aliphatic hydroxyl groups excluding tert-OH is 1. The Hall–Kier alpha value is -3.71. The van der Waals surface area contributed by atoms with Gasteiger partial charge in [0, 0.05) is 40.3 Å². The number of benzene rings is 2. The van der Waals surface area contributed by atoms with E-state index in [1.54, 1.807) is 33.3 Å². The van der Waals surface area contributed by atoms with Crippen molar-refractivity contribution in [2.45, 2.75) is 45.8 Å². The Kier molecular flexibility index (Phi) is 11.2. The Bertz CT molecular complexity index is 1640. The van der Waals surface area contributed by atoms with Gasteiger partial charge in [0.2, 0.25) is 0 Å². The van der Waals surface area contributed by atoms with E-state index in [9.17, 15) is 24.6 Å². The number of ketones is 2. The minimum atomic E-state index is -1.54. The Labute approximate surface area is 262 Å². The van der Waals surface area contributed by atoms with Crippen LogP contribution in [0.15, 0.2) is 36.4 Å². The number of ether oxygens (including phenoxy) is 4. The van der Waals surface area contributed by atoms with E-state index in [-0.39, 0.29) is 24.4 Å². The van der Waals surface area contributed by atoms with Gasteiger partial charge in [-0.15, -0.1) is 22.7 Å². The van der Waals surface area contributed by atoms with Crippen LogP contribution in [-0.2, 0) is 4.79 Å². The number of carboxylic acid groups (broad SMARTS) is 1. The lowest BCUT2D eigenvalue weighted by molar-refractivity contribution is -0.141. The second-order valence-corrected chi connectivity index (χ2v) is 12.8. The summed E-state index contributed by atoms with van der Waals surface area (Å²) in [4.78, 5) is 37.3. The van der Waals surface area contributed by atoms with Crippen LogP contribution in [0.5, 0.6) is 23.0 Å². The van der Waals surface area contributed by atoms with Crippen LogP contribution in [0.3, 0.4) is 0 Å². The Morgan fingerprint density at radius 2 is 1.16 bits per heavy atom. The Morgan fingerprint density at radius 3 is 1.57 bits per heavy atom. The Balaban J connectivity index is 1.32. The average molecular weight is 645 g/mol. The molecule has 0 unspecified atom stereocenters. The number of aliphatic carboxylic acids is 1. The van der Waals surface area contributed by atoms with E-state index < -0.39 is 24.1 Å². The topological polar surface area (TPSA) is 149 Å². The molecule has 0 radical (unpaired) electrons. The third kappa shape index (κ3) is 8.06. The molecule has 0 spiro atoms. The quantitative estimate of drug-likeness (QED) is 0.0691. The summed E-state index contributed by atoms with van der Waals surface area (Å²) in [5.41, 5.74) is 0. The molecule has 0 aliphatic carbocycles. The predicted molar refractivity (Wildman–Crippen MR) is 169 cm³/mol. The van der Waals surface area contributed by atoms with Crippen molar-refractivity contribution in [3.8, 4) is 23.0 Å². The van der Waals surface area contributed by atoms with E-state index in [1.165, 1.54) is 29.6 Å². The van der Waals surface area contributed by atoms with Gasteiger partial charge in [-0.2, -0.15) is 0 Å². The summed E-state index contributed by atoms with van der Waals surface area (Å²) in [6, 6.07) is 10.9. The van der Waals surface area contributed by atoms with Crippen LogP contribution in [0.4, 0.5) is 0 Å². The third-order valence-electron chi connectivity index (χ3n) is 7.14. The molecule has 2 heterocycles. The highest BCUT2D eigenvalue weighted by atomic mass is 32.1. The lowest BCUT2D eigenvalue weighted by Gasteiger charge is -2.12. The number of Topliss-reactive ketones (excluding diaryl/α,β-unsaturated/α-hetero) is 2. The molecule has 0 saturated heterocycles. The van der Waals surface area contributed by atoms with Crippen molar-refractivity contribution < 1.29 is 48.7 Å². The van der Waals surface area contributed by atoms with Crippen LogP contribution in [0.1, 0.15) is 58.9 Å². The molecule has 4 rings (SSSR count). The van der Waals surface area contributed by atoms with Gasteiger partial charge in [-0.25, -0.2) is 0 Å². The van der Waals surface area contributed by atoms with E-state index in [4.69, 9.17) is 24.1 Å². The van der Waals surface area contributed by atoms with E-state index in [1.807, 2.05) is 24.3 Å². The molecule has 0 fully saturated rings. The third-order valence-corrected chi connectivity index (χ3v) is 9.42. The molecule has 44 heavy (non-hydrogen) atoms. The number of carbonyl (C=O) groups is 3. The number of carbonyl (C=O) groups excluding carboxylic acids is 2. The summed E-state index contributed by atoms with van der Waals surface area (Å²) in [6.07, 6.45) is -0.181. The van der Waals surface area contributed by atoms with Crippen LogP contribution < -0.4 is 18.9 Å². The summed E-state index contributed by atoms with van der Waals surface area (Å²) in [6.45, 7) is 3.95. The molecule has 0 aliphatic rings. The molecule has 2 atom stereocenters. The van der Waals surface area contributed by atoms with Gasteiger partial charge < -0.3 is 34.3 Å². The van der Waals surface area contributed by atoms with Crippen molar-refractivity contribution in [2.24, 2.45) is 11.8 Å². The number of fused-ring (bicyclic) bond motifs is 2. The summed E-state index contributed by atoms with van der Waals surface area (Å²) < 4.78 is 24.7. The van der Waals surface area contributed by atoms with Crippen molar-refractivity contribution in [2.75, 3.05) is 27.4 Å². The zero-order chi connectivity index (χ0) is 32.0. The van der Waals surface area contributed by atoms with E-state index in [0.29, 0.717) is 58.8 Å². The number of thiophene rings is 2. The highest BCUT2D eigenvalue weighted by molar-refractivity contribution is 7.21. The molecule has 2 aromatic heterocycles. The molecule has 2 aromatic carbocycles. The molecule has 0 aliphatic heterocycles. The second kappa shape index (κ2) is 14.8. The molecular formula is C32H36O10S2. The smallest absolute Gasteiger partial charge is 0.306 e. The molecule has 3 N–H and O–H groups in total. The van der Waals surface area contributed by atoms with Gasteiger partial charge in [-0.05, 0) is 47.9 Å². The SMILES string of the molecule is COc1cc2sc(C(=O)C[C@H](C)C(=O)O)cc2cc1OCCCCOc1cc2cc(C(=O)C[C@H](C)C(O)O)sc2cc1OC. The summed E-state index contributed by atoms with van der Waals surface area (Å²) in [5, 5.41) is 29.4. The van der Waals surface area contributed by atoms with Gasteiger partial charge >= 0.3 is 5.97 Å². The normalized spacial score (nSPS) is 12.8. The molecule has 0 amide bonds. The van der Waals surface area contributed by atoms with Crippen LogP contribution in [0, 0.1) is 11.8 Å². The first-order chi connectivity index (χ1) is 21.0. The van der Waals surface area contributed by atoms with Crippen molar-refractivity contribution in [1.82, 2.24) is 0 Å². The van der Waals surface area contributed by atoms with Crippen LogP contribution >= 0.6 is 22.7 Å². The van der Waals surface area contributed by atoms with Crippen molar-refractivity contribution >= 4 is 60.4 Å². The number of hydrogen-bond donors (Lipinski definition) is 3. The number of unbranched alkanes of at least 4 members (excludes halogenated alkanes) is 1. The van der Waals surface area contributed by atoms with Crippen molar-refractivity contribution in [3.05, 3.63) is 46.2 Å². The van der Waals surface area contributed by atoms with Gasteiger partial charge in [-0.1, -0.05) is 13.8 Å². The first-order valence-electron chi connectivity index (χ1n) is 14.1. The van der Waals surface area contributed by atoms with Crippen LogP contribution in [0.2, 0.25) is 0 Å². The number of hydrogen-bond acceptors (Lipinski definition) is 11. The first-order valence-corrected chi connectivity index (χ1v) is 15.8. The summed E-state index contributed by atoms with van der Waals surface area (Å²) >= 11 is 2.63. The maximum absolute atomic E-state index is 12.6. The summed E-state index contributed by atoms with van der Waals surface area (Å²) in [7, 11) is 3.10. The molecule has 10 nitrogen and oxygen atoms in total. The maximum Gasteiger partial charge on any atom is 0.306 e. The lowest BCUT2D eigenvalue weighted by atomic mass is 10.0. The van der Waals surface area contributed by atoms with E-state index >= 15 is 0 Å². The Morgan fingerprint density at radius 1 is 0.705 bits per heavy atom. The molecule has 0 saturated carbocycles. The highest BCUT2D eigenvalue weighted by Gasteiger charge is 2.21. The fraction of sp³-hybridized carbons (Fsp3) is 0.406. The number of rotatable bonds is 17. The van der Waals surface area contributed by atoms with Gasteiger partial charge in [0.1, 0.15) is 0 Å². The van der Waals surface area contributed by atoms with Crippen molar-refractivity contribution in [3.63, 3.8) is 0 Å². The zero-order valence-corrected chi connectivity index (χ0v) is 26.6. The molecule has 4 aromatic rings. The molecule has 236 valence electrons. The van der Waals surface area contributed by atoms with E-state index in [0.717, 1.165) is 20.2 Å². The molecule has 0 bridgehead atoms. The molecular weight excluding hydrogens is 608 g/mol. The van der Waals surface area contributed by atoms with Gasteiger partial charge in [0.15, 0.2) is 40.9 Å². The average Bonchev–Trinajstić information content (AvgIpc) is 3.61. The van der Waals surface area contributed by atoms with Crippen LogP contribution in [0.25, 0.3) is 20.2 Å². The number of carboxylic acids is 1. The van der Waals surface area contributed by atoms with Gasteiger partial charge in [0.05, 0.1) is 43.1 Å². The maximum atomic E-state index is 12.6.